The van der Waals surface area contributed by atoms with Gasteiger partial charge in [-0.15, -0.1) is 11.3 Å². The summed E-state index contributed by atoms with van der Waals surface area (Å²) in [6, 6.07) is 12.9. The first-order valence-corrected chi connectivity index (χ1v) is 10.6. The number of thiophene rings is 1. The van der Waals surface area contributed by atoms with Gasteiger partial charge in [-0.1, -0.05) is 30.3 Å². The fourth-order valence-corrected chi connectivity index (χ4v) is 5.58. The second-order valence-corrected chi connectivity index (χ2v) is 8.72. The number of hydrogen-bond donors (Lipinski definition) is 1. The Morgan fingerprint density at radius 1 is 1.25 bits per heavy atom. The van der Waals surface area contributed by atoms with E-state index in [1.165, 1.54) is 20.9 Å². The summed E-state index contributed by atoms with van der Waals surface area (Å²) in [7, 11) is 0. The van der Waals surface area contributed by atoms with Crippen molar-refractivity contribution in [3.8, 4) is 10.4 Å². The van der Waals surface area contributed by atoms with Crippen molar-refractivity contribution in [2.45, 2.75) is 31.8 Å². The van der Waals surface area contributed by atoms with E-state index in [9.17, 15) is 4.79 Å². The van der Waals surface area contributed by atoms with Gasteiger partial charge in [0.25, 0.3) is 5.91 Å². The number of carbonyl (C=O) groups excluding carboxylic acids is 1. The van der Waals surface area contributed by atoms with Crippen LogP contribution in [0, 0.1) is 6.92 Å². The molecule has 2 aliphatic rings. The summed E-state index contributed by atoms with van der Waals surface area (Å²) >= 11 is 1.89. The SMILES string of the molecule is Cc1ncc(C(=O)N2CCC3(CC2)OCCc2sc(-c4ccccc4)cc23)[nH]1. The molecule has 0 aliphatic carbocycles. The van der Waals surface area contributed by atoms with Crippen LogP contribution in [0.1, 0.15) is 39.6 Å². The molecule has 1 saturated heterocycles. The molecule has 1 fully saturated rings. The third kappa shape index (κ3) is 2.97. The molecule has 1 spiro atoms. The van der Waals surface area contributed by atoms with Crippen LogP contribution < -0.4 is 0 Å². The number of aromatic nitrogens is 2. The number of nitrogens with one attached hydrogen (secondary N) is 1. The summed E-state index contributed by atoms with van der Waals surface area (Å²) < 4.78 is 6.37. The molecule has 2 aromatic heterocycles. The standard InChI is InChI=1S/C22H23N3O2S/c1-15-23-14-18(24-15)21(26)25-10-8-22(9-11-25)17-13-20(16-5-3-2-4-6-16)28-19(17)7-12-27-22/h2-6,13-14H,7-12H2,1H3,(H,23,24). The molecule has 3 aromatic rings. The van der Waals surface area contributed by atoms with Crippen LogP contribution in [0.4, 0.5) is 0 Å². The van der Waals surface area contributed by atoms with E-state index in [-0.39, 0.29) is 11.5 Å². The number of carbonyl (C=O) groups is 1. The molecule has 4 heterocycles. The lowest BCUT2D eigenvalue weighted by molar-refractivity contribution is -0.0926. The van der Waals surface area contributed by atoms with Gasteiger partial charge in [-0.25, -0.2) is 4.98 Å². The predicted molar refractivity (Wildman–Crippen MR) is 110 cm³/mol. The Labute approximate surface area is 168 Å². The minimum absolute atomic E-state index is 0.0294. The van der Waals surface area contributed by atoms with E-state index in [4.69, 9.17) is 4.74 Å². The van der Waals surface area contributed by atoms with Crippen molar-refractivity contribution >= 4 is 17.2 Å². The van der Waals surface area contributed by atoms with Crippen molar-refractivity contribution in [2.75, 3.05) is 19.7 Å². The molecule has 1 N–H and O–H groups in total. The molecule has 144 valence electrons. The van der Waals surface area contributed by atoms with Gasteiger partial charge in [0.1, 0.15) is 11.5 Å². The summed E-state index contributed by atoms with van der Waals surface area (Å²) in [4.78, 5) is 24.6. The topological polar surface area (TPSA) is 58.2 Å². The minimum Gasteiger partial charge on any atom is -0.370 e. The van der Waals surface area contributed by atoms with Gasteiger partial charge < -0.3 is 14.6 Å². The number of aryl methyl sites for hydroxylation is 1. The molecule has 28 heavy (non-hydrogen) atoms. The highest BCUT2D eigenvalue weighted by Gasteiger charge is 2.43. The van der Waals surface area contributed by atoms with E-state index in [2.05, 4.69) is 46.4 Å². The summed E-state index contributed by atoms with van der Waals surface area (Å²) in [5.41, 5.74) is 2.92. The van der Waals surface area contributed by atoms with E-state index in [1.807, 2.05) is 23.2 Å². The van der Waals surface area contributed by atoms with Crippen LogP contribution in [-0.4, -0.2) is 40.5 Å². The maximum atomic E-state index is 12.7. The third-order valence-electron chi connectivity index (χ3n) is 5.86. The quantitative estimate of drug-likeness (QED) is 0.712. The van der Waals surface area contributed by atoms with Gasteiger partial charge in [-0.05, 0) is 37.0 Å². The lowest BCUT2D eigenvalue weighted by Gasteiger charge is -2.44. The highest BCUT2D eigenvalue weighted by Crippen LogP contribution is 2.46. The summed E-state index contributed by atoms with van der Waals surface area (Å²) in [6.45, 7) is 4.02. The van der Waals surface area contributed by atoms with Crippen molar-refractivity contribution in [1.82, 2.24) is 14.9 Å². The van der Waals surface area contributed by atoms with Crippen molar-refractivity contribution in [3.63, 3.8) is 0 Å². The van der Waals surface area contributed by atoms with Gasteiger partial charge in [-0.3, -0.25) is 4.79 Å². The van der Waals surface area contributed by atoms with Crippen LogP contribution in [0.2, 0.25) is 0 Å². The van der Waals surface area contributed by atoms with Crippen molar-refractivity contribution in [3.05, 3.63) is 64.6 Å². The number of ether oxygens (including phenoxy) is 1. The Kier molecular flexibility index (Phi) is 4.33. The van der Waals surface area contributed by atoms with E-state index in [0.717, 1.165) is 31.7 Å². The Balaban J connectivity index is 1.38. The van der Waals surface area contributed by atoms with Crippen LogP contribution in [0.3, 0.4) is 0 Å². The summed E-state index contributed by atoms with van der Waals surface area (Å²) in [6.07, 6.45) is 4.28. The number of imidazole rings is 1. The van der Waals surface area contributed by atoms with Crippen molar-refractivity contribution in [2.24, 2.45) is 0 Å². The largest absolute Gasteiger partial charge is 0.370 e. The second kappa shape index (κ2) is 6.87. The zero-order chi connectivity index (χ0) is 19.1. The molecule has 0 unspecified atom stereocenters. The van der Waals surface area contributed by atoms with Crippen molar-refractivity contribution < 1.29 is 9.53 Å². The van der Waals surface area contributed by atoms with Gasteiger partial charge >= 0.3 is 0 Å². The maximum Gasteiger partial charge on any atom is 0.271 e. The Bertz CT molecular complexity index is 1000. The second-order valence-electron chi connectivity index (χ2n) is 7.58. The number of amides is 1. The lowest BCUT2D eigenvalue weighted by Crippen LogP contribution is -2.48. The molecule has 0 bridgehead atoms. The molecule has 5 rings (SSSR count). The number of likely N-dealkylation sites (tertiary alicyclic amines) is 1. The number of H-pyrrole nitrogens is 1. The predicted octanol–water partition coefficient (Wildman–Crippen LogP) is 4.15. The van der Waals surface area contributed by atoms with E-state index in [1.54, 1.807) is 6.20 Å². The number of piperidine rings is 1. The van der Waals surface area contributed by atoms with Crippen molar-refractivity contribution in [1.29, 1.82) is 0 Å². The molecule has 6 heteroatoms. The fraction of sp³-hybridized carbons (Fsp3) is 0.364. The smallest absolute Gasteiger partial charge is 0.271 e. The maximum absolute atomic E-state index is 12.7. The summed E-state index contributed by atoms with van der Waals surface area (Å²) in [5, 5.41) is 0. The zero-order valence-electron chi connectivity index (χ0n) is 15.9. The first-order valence-electron chi connectivity index (χ1n) is 9.78. The molecule has 1 amide bonds. The van der Waals surface area contributed by atoms with Gasteiger partial charge in [0.15, 0.2) is 0 Å². The van der Waals surface area contributed by atoms with Gasteiger partial charge in [0, 0.05) is 29.3 Å². The van der Waals surface area contributed by atoms with Crippen LogP contribution in [-0.2, 0) is 16.8 Å². The average Bonchev–Trinajstić information content (AvgIpc) is 3.36. The van der Waals surface area contributed by atoms with Crippen LogP contribution in [0.15, 0.2) is 42.6 Å². The van der Waals surface area contributed by atoms with Gasteiger partial charge in [0.05, 0.1) is 18.4 Å². The molecule has 0 radical (unpaired) electrons. The van der Waals surface area contributed by atoms with E-state index in [0.29, 0.717) is 18.8 Å². The number of aromatic amines is 1. The first kappa shape index (κ1) is 17.6. The molecular weight excluding hydrogens is 370 g/mol. The molecule has 1 aromatic carbocycles. The molecule has 0 atom stereocenters. The number of benzene rings is 1. The highest BCUT2D eigenvalue weighted by atomic mass is 32.1. The average molecular weight is 394 g/mol. The Hall–Kier alpha value is -2.44. The third-order valence-corrected chi connectivity index (χ3v) is 7.10. The van der Waals surface area contributed by atoms with E-state index >= 15 is 0 Å². The Morgan fingerprint density at radius 3 is 2.75 bits per heavy atom. The Morgan fingerprint density at radius 2 is 2.04 bits per heavy atom. The first-order chi connectivity index (χ1) is 13.6. The van der Waals surface area contributed by atoms with Crippen LogP contribution >= 0.6 is 11.3 Å². The number of rotatable bonds is 2. The molecular formula is C22H23N3O2S. The van der Waals surface area contributed by atoms with Crippen LogP contribution in [0.25, 0.3) is 10.4 Å². The monoisotopic (exact) mass is 393 g/mol. The van der Waals surface area contributed by atoms with Crippen LogP contribution in [0.5, 0.6) is 0 Å². The number of hydrogen-bond acceptors (Lipinski definition) is 4. The summed E-state index contributed by atoms with van der Waals surface area (Å²) in [5.74, 6) is 0.797. The van der Waals surface area contributed by atoms with Gasteiger partial charge in [-0.2, -0.15) is 0 Å². The fourth-order valence-electron chi connectivity index (χ4n) is 4.35. The molecule has 5 nitrogen and oxygen atoms in total. The normalized spacial score (nSPS) is 18.2. The lowest BCUT2D eigenvalue weighted by atomic mass is 9.82. The minimum atomic E-state index is -0.252. The zero-order valence-corrected chi connectivity index (χ0v) is 16.7. The van der Waals surface area contributed by atoms with Gasteiger partial charge in [0.2, 0.25) is 0 Å². The molecule has 0 saturated carbocycles. The highest BCUT2D eigenvalue weighted by molar-refractivity contribution is 7.15. The van der Waals surface area contributed by atoms with E-state index < -0.39 is 0 Å². The number of fused-ring (bicyclic) bond motifs is 2. The molecule has 2 aliphatic heterocycles. The number of nitrogens with zero attached hydrogens (tertiary/aromatic N) is 2.